The van der Waals surface area contributed by atoms with Gasteiger partial charge in [0.1, 0.15) is 0 Å². The Hall–Kier alpha value is -1.75. The van der Waals surface area contributed by atoms with E-state index in [1.54, 1.807) is 0 Å². The highest BCUT2D eigenvalue weighted by atomic mass is 16.7. The molecule has 8 N–H and O–H groups in total. The molecule has 0 amide bonds. The highest BCUT2D eigenvalue weighted by Gasteiger charge is 2.16. The summed E-state index contributed by atoms with van der Waals surface area (Å²) in [5.41, 5.74) is 13.0. The highest BCUT2D eigenvalue weighted by molar-refractivity contribution is 5.35. The molecule has 0 atom stereocenters. The minimum Gasteiger partial charge on any atom is -0.368 e. The quantitative estimate of drug-likeness (QED) is 0.183. The smallest absolute Gasteiger partial charge is 0.275 e. The van der Waals surface area contributed by atoms with Crippen LogP contribution in [0.4, 0.5) is 17.8 Å². The Morgan fingerprint density at radius 3 is 2.24 bits per heavy atom. The topological polar surface area (TPSA) is 173 Å². The summed E-state index contributed by atoms with van der Waals surface area (Å²) in [5, 5.41) is 25.7. The molecule has 10 nitrogen and oxygen atoms in total. The van der Waals surface area contributed by atoms with Gasteiger partial charge in [-0.25, -0.2) is 5.48 Å². The average molecular weight is 246 g/mol. The SMILES string of the molecule is Nc1nc(N)nc(NOCCCC(O)(O)O)n1. The van der Waals surface area contributed by atoms with E-state index in [-0.39, 0.29) is 37.3 Å². The van der Waals surface area contributed by atoms with Crippen LogP contribution in [-0.2, 0) is 4.84 Å². The first kappa shape index (κ1) is 13.3. The number of hydrogen-bond donors (Lipinski definition) is 6. The maximum Gasteiger partial charge on any atom is 0.275 e. The van der Waals surface area contributed by atoms with Crippen LogP contribution in [0.2, 0.25) is 0 Å². The summed E-state index contributed by atoms with van der Waals surface area (Å²) < 4.78 is 0. The van der Waals surface area contributed by atoms with E-state index in [0.717, 1.165) is 0 Å². The van der Waals surface area contributed by atoms with Gasteiger partial charge < -0.3 is 26.8 Å². The fourth-order valence-electron chi connectivity index (χ4n) is 0.952. The Kier molecular flexibility index (Phi) is 4.34. The van der Waals surface area contributed by atoms with Gasteiger partial charge in [0.05, 0.1) is 6.61 Å². The third-order valence-corrected chi connectivity index (χ3v) is 1.59. The van der Waals surface area contributed by atoms with Crippen molar-refractivity contribution >= 4 is 17.8 Å². The first-order chi connectivity index (χ1) is 7.87. The fraction of sp³-hybridized carbons (Fsp3) is 0.571. The lowest BCUT2D eigenvalue weighted by atomic mass is 10.3. The molecule has 17 heavy (non-hydrogen) atoms. The minimum atomic E-state index is -2.69. The van der Waals surface area contributed by atoms with Gasteiger partial charge in [-0.3, -0.25) is 4.84 Å². The number of nitrogens with zero attached hydrogens (tertiary/aromatic N) is 3. The van der Waals surface area contributed by atoms with Crippen LogP contribution in [0.3, 0.4) is 0 Å². The van der Waals surface area contributed by atoms with Crippen molar-refractivity contribution < 1.29 is 20.2 Å². The predicted octanol–water partition coefficient (Wildman–Crippen LogP) is -2.21. The Bertz CT molecular complexity index is 348. The van der Waals surface area contributed by atoms with Gasteiger partial charge in [0.15, 0.2) is 0 Å². The van der Waals surface area contributed by atoms with Crippen LogP contribution in [-0.4, -0.2) is 42.9 Å². The van der Waals surface area contributed by atoms with E-state index in [9.17, 15) is 0 Å². The third-order valence-electron chi connectivity index (χ3n) is 1.59. The summed E-state index contributed by atoms with van der Waals surface area (Å²) in [6.45, 7) is 0.0922. The predicted molar refractivity (Wildman–Crippen MR) is 56.8 cm³/mol. The second-order valence-electron chi connectivity index (χ2n) is 3.20. The number of nitrogen functional groups attached to an aromatic ring is 2. The summed E-state index contributed by atoms with van der Waals surface area (Å²) in [4.78, 5) is 15.8. The van der Waals surface area contributed by atoms with Crippen molar-refractivity contribution in [1.82, 2.24) is 15.0 Å². The van der Waals surface area contributed by atoms with Crippen LogP contribution in [0.5, 0.6) is 0 Å². The van der Waals surface area contributed by atoms with Gasteiger partial charge in [0.25, 0.3) is 11.9 Å². The van der Waals surface area contributed by atoms with E-state index in [1.165, 1.54) is 0 Å². The van der Waals surface area contributed by atoms with Crippen LogP contribution in [0.15, 0.2) is 0 Å². The first-order valence-electron chi connectivity index (χ1n) is 4.69. The molecule has 0 bridgehead atoms. The molecule has 0 radical (unpaired) electrons. The number of aliphatic hydroxyl groups is 3. The second-order valence-corrected chi connectivity index (χ2v) is 3.20. The van der Waals surface area contributed by atoms with Gasteiger partial charge in [-0.15, -0.1) is 0 Å². The maximum absolute atomic E-state index is 8.58. The highest BCUT2D eigenvalue weighted by Crippen LogP contribution is 2.06. The molecule has 0 aliphatic carbocycles. The zero-order valence-electron chi connectivity index (χ0n) is 8.87. The normalized spacial score (nSPS) is 11.5. The number of rotatable bonds is 6. The van der Waals surface area contributed by atoms with Crippen molar-refractivity contribution in [2.75, 3.05) is 23.6 Å². The Labute approximate surface area is 96.2 Å². The molecule has 1 aromatic heterocycles. The van der Waals surface area contributed by atoms with Gasteiger partial charge in [-0.05, 0) is 6.42 Å². The molecule has 1 heterocycles. The minimum absolute atomic E-state index is 0.0401. The van der Waals surface area contributed by atoms with Crippen molar-refractivity contribution in [3.63, 3.8) is 0 Å². The molecular weight excluding hydrogens is 232 g/mol. The van der Waals surface area contributed by atoms with E-state index < -0.39 is 5.97 Å². The zero-order chi connectivity index (χ0) is 12.9. The van der Waals surface area contributed by atoms with Gasteiger partial charge >= 0.3 is 0 Å². The number of anilines is 3. The second kappa shape index (κ2) is 5.54. The van der Waals surface area contributed by atoms with Crippen LogP contribution in [0, 0.1) is 0 Å². The van der Waals surface area contributed by atoms with E-state index in [1.807, 2.05) is 0 Å². The van der Waals surface area contributed by atoms with Crippen molar-refractivity contribution in [3.05, 3.63) is 0 Å². The fourth-order valence-corrected chi connectivity index (χ4v) is 0.952. The van der Waals surface area contributed by atoms with Crippen LogP contribution in [0.25, 0.3) is 0 Å². The third kappa shape index (κ3) is 5.77. The van der Waals surface area contributed by atoms with Crippen LogP contribution >= 0.6 is 0 Å². The number of hydrogen-bond acceptors (Lipinski definition) is 10. The van der Waals surface area contributed by atoms with Crippen LogP contribution < -0.4 is 16.9 Å². The van der Waals surface area contributed by atoms with Crippen molar-refractivity contribution in [1.29, 1.82) is 0 Å². The van der Waals surface area contributed by atoms with Gasteiger partial charge in [0.2, 0.25) is 11.9 Å². The maximum atomic E-state index is 8.58. The molecule has 96 valence electrons. The molecule has 1 aromatic rings. The van der Waals surface area contributed by atoms with E-state index >= 15 is 0 Å². The summed E-state index contributed by atoms with van der Waals surface area (Å²) in [6.07, 6.45) is -0.0529. The van der Waals surface area contributed by atoms with Crippen molar-refractivity contribution in [2.24, 2.45) is 0 Å². The number of aromatic nitrogens is 3. The molecule has 0 aliphatic rings. The van der Waals surface area contributed by atoms with E-state index in [2.05, 4.69) is 20.4 Å². The van der Waals surface area contributed by atoms with E-state index in [0.29, 0.717) is 0 Å². The molecule has 0 aliphatic heterocycles. The summed E-state index contributed by atoms with van der Waals surface area (Å²) in [6, 6.07) is 0. The van der Waals surface area contributed by atoms with Gasteiger partial charge in [0, 0.05) is 6.42 Å². The summed E-state index contributed by atoms with van der Waals surface area (Å²) >= 11 is 0. The van der Waals surface area contributed by atoms with Crippen molar-refractivity contribution in [2.45, 2.75) is 18.8 Å². The monoisotopic (exact) mass is 246 g/mol. The molecule has 0 spiro atoms. The first-order valence-corrected chi connectivity index (χ1v) is 4.69. The Morgan fingerprint density at radius 1 is 1.12 bits per heavy atom. The Morgan fingerprint density at radius 2 is 1.71 bits per heavy atom. The zero-order valence-corrected chi connectivity index (χ0v) is 8.87. The molecular formula is C7H14N6O4. The number of nitrogens with two attached hydrogens (primary N) is 2. The molecule has 0 aromatic carbocycles. The molecule has 0 saturated heterocycles. The van der Waals surface area contributed by atoms with Crippen LogP contribution in [0.1, 0.15) is 12.8 Å². The molecule has 0 fully saturated rings. The molecule has 0 saturated carbocycles. The van der Waals surface area contributed by atoms with Crippen molar-refractivity contribution in [3.8, 4) is 0 Å². The average Bonchev–Trinajstić information content (AvgIpc) is 2.13. The lowest BCUT2D eigenvalue weighted by Gasteiger charge is -2.13. The summed E-state index contributed by atoms with van der Waals surface area (Å²) in [5.74, 6) is -2.75. The van der Waals surface area contributed by atoms with E-state index in [4.69, 9.17) is 31.6 Å². The lowest BCUT2D eigenvalue weighted by Crippen LogP contribution is -2.27. The van der Waals surface area contributed by atoms with Gasteiger partial charge in [-0.1, -0.05) is 0 Å². The molecule has 1 rings (SSSR count). The summed E-state index contributed by atoms with van der Waals surface area (Å²) in [7, 11) is 0. The molecule has 0 unspecified atom stereocenters. The Balaban J connectivity index is 2.27. The largest absolute Gasteiger partial charge is 0.368 e. The molecule has 10 heteroatoms. The lowest BCUT2D eigenvalue weighted by molar-refractivity contribution is -0.315. The number of nitrogens with one attached hydrogen (secondary N) is 1. The van der Waals surface area contributed by atoms with Gasteiger partial charge in [-0.2, -0.15) is 15.0 Å². The standard InChI is InChI=1S/C7H14N6O4/c8-4-10-5(9)12-6(11-4)13-17-3-1-2-7(14,15)16/h14-16H,1-3H2,(H5,8,9,10,11,12,13).